The largest absolute Gasteiger partial charge is 0.385 e. The monoisotopic (exact) mass is 253 g/mol. The van der Waals surface area contributed by atoms with E-state index in [9.17, 15) is 0 Å². The highest BCUT2D eigenvalue weighted by molar-refractivity contribution is 5.66. The molecule has 1 aromatic carbocycles. The Morgan fingerprint density at radius 2 is 1.89 bits per heavy atom. The van der Waals surface area contributed by atoms with Crippen molar-refractivity contribution in [3.05, 3.63) is 51.6 Å². The van der Waals surface area contributed by atoms with E-state index in [1.54, 1.807) is 0 Å². The minimum Gasteiger partial charge on any atom is -0.385 e. The second-order valence-corrected chi connectivity index (χ2v) is 6.05. The van der Waals surface area contributed by atoms with Crippen LogP contribution < -0.4 is 5.32 Å². The molecule has 1 aliphatic carbocycles. The molecule has 1 nitrogen and oxygen atoms in total. The fourth-order valence-electron chi connectivity index (χ4n) is 3.41. The average Bonchev–Trinajstić information content (AvgIpc) is 2.65. The summed E-state index contributed by atoms with van der Waals surface area (Å²) in [7, 11) is 0. The van der Waals surface area contributed by atoms with Crippen molar-refractivity contribution in [1.29, 1.82) is 0 Å². The van der Waals surface area contributed by atoms with Gasteiger partial charge in [0.1, 0.15) is 0 Å². The maximum Gasteiger partial charge on any atom is 0.0414 e. The van der Waals surface area contributed by atoms with Gasteiger partial charge in [-0.3, -0.25) is 0 Å². The van der Waals surface area contributed by atoms with Crippen LogP contribution in [0.3, 0.4) is 0 Å². The molecule has 2 aliphatic rings. The number of benzene rings is 1. The van der Waals surface area contributed by atoms with Crippen LogP contribution in [0, 0.1) is 6.92 Å². The van der Waals surface area contributed by atoms with Gasteiger partial charge in [-0.1, -0.05) is 34.9 Å². The number of hydrogen-bond acceptors (Lipinski definition) is 1. The Bertz CT molecular complexity index is 590. The summed E-state index contributed by atoms with van der Waals surface area (Å²) in [5, 5.41) is 3.63. The van der Waals surface area contributed by atoms with Crippen LogP contribution in [0.15, 0.2) is 34.9 Å². The van der Waals surface area contributed by atoms with Crippen molar-refractivity contribution in [1.82, 2.24) is 0 Å². The fourth-order valence-corrected chi connectivity index (χ4v) is 3.41. The normalized spacial score (nSPS) is 22.1. The summed E-state index contributed by atoms with van der Waals surface area (Å²) in [5.74, 6) is 0.472. The third kappa shape index (κ3) is 2.01. The average molecular weight is 253 g/mol. The summed E-state index contributed by atoms with van der Waals surface area (Å²) < 4.78 is 0. The highest BCUT2D eigenvalue weighted by Crippen LogP contribution is 2.42. The van der Waals surface area contributed by atoms with Crippen molar-refractivity contribution >= 4 is 5.69 Å². The fraction of sp³-hybridized carbons (Fsp3) is 0.444. The Kier molecular flexibility index (Phi) is 3.00. The molecule has 0 bridgehead atoms. The van der Waals surface area contributed by atoms with Gasteiger partial charge in [0, 0.05) is 18.2 Å². The van der Waals surface area contributed by atoms with Crippen LogP contribution in [-0.4, -0.2) is 6.54 Å². The summed E-state index contributed by atoms with van der Waals surface area (Å²) in [6.45, 7) is 10.1. The number of anilines is 1. The van der Waals surface area contributed by atoms with Gasteiger partial charge in [0.2, 0.25) is 0 Å². The van der Waals surface area contributed by atoms with Crippen molar-refractivity contribution in [3.8, 4) is 0 Å². The molecule has 1 N–H and O–H groups in total. The molecule has 1 aliphatic heterocycles. The predicted octanol–water partition coefficient (Wildman–Crippen LogP) is 4.73. The van der Waals surface area contributed by atoms with E-state index in [0.717, 1.165) is 6.54 Å². The quantitative estimate of drug-likeness (QED) is 0.762. The Labute approximate surface area is 116 Å². The molecule has 3 rings (SSSR count). The summed E-state index contributed by atoms with van der Waals surface area (Å²) in [6.07, 6.45) is 4.90. The molecule has 0 aromatic heterocycles. The van der Waals surface area contributed by atoms with E-state index in [2.05, 4.69) is 51.2 Å². The highest BCUT2D eigenvalue weighted by atomic mass is 14.9. The smallest absolute Gasteiger partial charge is 0.0414 e. The highest BCUT2D eigenvalue weighted by Gasteiger charge is 2.24. The van der Waals surface area contributed by atoms with Gasteiger partial charge in [0.25, 0.3) is 0 Å². The molecule has 1 unspecified atom stereocenters. The lowest BCUT2D eigenvalue weighted by atomic mass is 9.87. The number of hydrogen-bond donors (Lipinski definition) is 1. The Morgan fingerprint density at radius 1 is 1.11 bits per heavy atom. The van der Waals surface area contributed by atoms with Gasteiger partial charge in [-0.2, -0.15) is 0 Å². The molecule has 1 heterocycles. The second-order valence-electron chi connectivity index (χ2n) is 6.05. The number of nitrogens with one attached hydrogen (secondary N) is 1. The lowest BCUT2D eigenvalue weighted by molar-refractivity contribution is 0.819. The third-order valence-electron chi connectivity index (χ3n) is 4.72. The molecular formula is C18H23N. The standard InChI is InChI=1S/C18H23N/c1-11-8-15-6-5-7-19-18(15)17(9-11)16-10-12(2)13(3)14(16)4/h8-10,16,19H,5-7H2,1-4H3. The first kappa shape index (κ1) is 12.5. The van der Waals surface area contributed by atoms with Crippen LogP contribution >= 0.6 is 0 Å². The zero-order valence-electron chi connectivity index (χ0n) is 12.4. The van der Waals surface area contributed by atoms with Crippen LogP contribution in [0.5, 0.6) is 0 Å². The molecule has 100 valence electrons. The zero-order chi connectivity index (χ0) is 13.6. The van der Waals surface area contributed by atoms with Crippen LogP contribution in [0.4, 0.5) is 5.69 Å². The first-order valence-corrected chi connectivity index (χ1v) is 7.31. The Hall–Kier alpha value is -1.50. The minimum absolute atomic E-state index is 0.472. The number of fused-ring (bicyclic) bond motifs is 1. The van der Waals surface area contributed by atoms with Crippen LogP contribution in [0.1, 0.15) is 49.8 Å². The predicted molar refractivity (Wildman–Crippen MR) is 82.9 cm³/mol. The second kappa shape index (κ2) is 4.56. The van der Waals surface area contributed by atoms with E-state index in [0.29, 0.717) is 5.92 Å². The third-order valence-corrected chi connectivity index (χ3v) is 4.72. The van der Waals surface area contributed by atoms with Crippen LogP contribution in [-0.2, 0) is 6.42 Å². The molecule has 1 heteroatoms. The van der Waals surface area contributed by atoms with Gasteiger partial charge >= 0.3 is 0 Å². The Balaban J connectivity index is 2.14. The van der Waals surface area contributed by atoms with E-state index in [1.807, 2.05) is 0 Å². The number of aryl methyl sites for hydroxylation is 2. The molecule has 0 spiro atoms. The topological polar surface area (TPSA) is 12.0 Å². The maximum atomic E-state index is 3.63. The first-order chi connectivity index (χ1) is 9.08. The lowest BCUT2D eigenvalue weighted by Gasteiger charge is -2.25. The van der Waals surface area contributed by atoms with Gasteiger partial charge in [-0.25, -0.2) is 0 Å². The maximum absolute atomic E-state index is 3.63. The molecule has 0 fully saturated rings. The van der Waals surface area contributed by atoms with Gasteiger partial charge in [0.15, 0.2) is 0 Å². The van der Waals surface area contributed by atoms with Gasteiger partial charge in [-0.15, -0.1) is 0 Å². The first-order valence-electron chi connectivity index (χ1n) is 7.31. The van der Waals surface area contributed by atoms with E-state index in [1.165, 1.54) is 51.9 Å². The van der Waals surface area contributed by atoms with Crippen molar-refractivity contribution in [2.24, 2.45) is 0 Å². The summed E-state index contributed by atoms with van der Waals surface area (Å²) >= 11 is 0. The van der Waals surface area contributed by atoms with E-state index >= 15 is 0 Å². The van der Waals surface area contributed by atoms with Gasteiger partial charge < -0.3 is 5.32 Å². The zero-order valence-corrected chi connectivity index (χ0v) is 12.4. The summed E-state index contributed by atoms with van der Waals surface area (Å²) in [5.41, 5.74) is 10.2. The molecule has 0 saturated carbocycles. The number of allylic oxidation sites excluding steroid dienone is 4. The molecule has 0 saturated heterocycles. The minimum atomic E-state index is 0.472. The molecule has 0 radical (unpaired) electrons. The summed E-state index contributed by atoms with van der Waals surface area (Å²) in [6, 6.07) is 4.72. The van der Waals surface area contributed by atoms with E-state index < -0.39 is 0 Å². The molecule has 1 aromatic rings. The SMILES string of the molecule is CC1=CC(c2cc(C)cc3c2NCCC3)C(C)=C1C. The van der Waals surface area contributed by atoms with Crippen molar-refractivity contribution in [3.63, 3.8) is 0 Å². The molecular weight excluding hydrogens is 230 g/mol. The molecule has 0 amide bonds. The lowest BCUT2D eigenvalue weighted by Crippen LogP contribution is -2.15. The van der Waals surface area contributed by atoms with Crippen molar-refractivity contribution < 1.29 is 0 Å². The van der Waals surface area contributed by atoms with Gasteiger partial charge in [0.05, 0.1) is 0 Å². The van der Waals surface area contributed by atoms with Crippen LogP contribution in [0.2, 0.25) is 0 Å². The van der Waals surface area contributed by atoms with Crippen LogP contribution in [0.25, 0.3) is 0 Å². The van der Waals surface area contributed by atoms with Gasteiger partial charge in [-0.05, 0) is 57.2 Å². The van der Waals surface area contributed by atoms with E-state index in [-0.39, 0.29) is 0 Å². The Morgan fingerprint density at radius 3 is 2.58 bits per heavy atom. The number of rotatable bonds is 1. The van der Waals surface area contributed by atoms with Crippen molar-refractivity contribution in [2.75, 3.05) is 11.9 Å². The molecule has 19 heavy (non-hydrogen) atoms. The molecule has 1 atom stereocenters. The van der Waals surface area contributed by atoms with Crippen molar-refractivity contribution in [2.45, 2.75) is 46.5 Å². The summed E-state index contributed by atoms with van der Waals surface area (Å²) in [4.78, 5) is 0. The van der Waals surface area contributed by atoms with E-state index in [4.69, 9.17) is 0 Å².